The molecular weight excluding hydrogens is 432 g/mol. The lowest BCUT2D eigenvalue weighted by molar-refractivity contribution is 0.0619. The summed E-state index contributed by atoms with van der Waals surface area (Å²) in [5.41, 5.74) is 4.24. The summed E-state index contributed by atoms with van der Waals surface area (Å²) in [4.78, 5) is 17.9. The minimum absolute atomic E-state index is 0.0241. The van der Waals surface area contributed by atoms with E-state index in [2.05, 4.69) is 29.2 Å². The van der Waals surface area contributed by atoms with Crippen LogP contribution in [0.5, 0.6) is 0 Å². The molecule has 0 N–H and O–H groups in total. The number of carbonyl (C=O) groups excluding carboxylic acids is 1. The molecule has 6 heteroatoms. The summed E-state index contributed by atoms with van der Waals surface area (Å²) in [6.45, 7) is 3.94. The van der Waals surface area contributed by atoms with Crippen molar-refractivity contribution in [1.29, 1.82) is 0 Å². The van der Waals surface area contributed by atoms with Gasteiger partial charge in [0.05, 0.1) is 16.4 Å². The Hall–Kier alpha value is -3.41. The van der Waals surface area contributed by atoms with Crippen molar-refractivity contribution >= 4 is 17.5 Å². The summed E-state index contributed by atoms with van der Waals surface area (Å²) in [6.07, 6.45) is 0. The molecule has 2 heterocycles. The molecule has 5 nitrogen and oxygen atoms in total. The molecule has 33 heavy (non-hydrogen) atoms. The zero-order valence-electron chi connectivity index (χ0n) is 18.3. The van der Waals surface area contributed by atoms with Gasteiger partial charge in [0.25, 0.3) is 5.91 Å². The molecule has 0 bridgehead atoms. The fourth-order valence-electron chi connectivity index (χ4n) is 4.20. The van der Waals surface area contributed by atoms with Crippen LogP contribution in [0.4, 0.5) is 0 Å². The number of para-hydroxylation sites is 1. The molecule has 0 aliphatic carbocycles. The fraction of sp³-hybridized carbons (Fsp3) is 0.185. The first-order valence-corrected chi connectivity index (χ1v) is 11.5. The van der Waals surface area contributed by atoms with E-state index in [-0.39, 0.29) is 5.91 Å². The maximum Gasteiger partial charge on any atom is 0.272 e. The quantitative estimate of drug-likeness (QED) is 0.417. The van der Waals surface area contributed by atoms with Crippen LogP contribution in [0.25, 0.3) is 16.9 Å². The summed E-state index contributed by atoms with van der Waals surface area (Å²) in [5.74, 6) is -0.0241. The van der Waals surface area contributed by atoms with Gasteiger partial charge in [-0.2, -0.15) is 5.10 Å². The minimum Gasteiger partial charge on any atom is -0.335 e. The third kappa shape index (κ3) is 4.70. The van der Waals surface area contributed by atoms with E-state index in [9.17, 15) is 4.79 Å². The van der Waals surface area contributed by atoms with Crippen LogP contribution in [0.1, 0.15) is 16.1 Å². The Labute approximate surface area is 198 Å². The van der Waals surface area contributed by atoms with Crippen LogP contribution < -0.4 is 0 Å². The predicted octanol–water partition coefficient (Wildman–Crippen LogP) is 5.15. The molecule has 1 fully saturated rings. The second-order valence-corrected chi connectivity index (χ2v) is 8.61. The maximum atomic E-state index is 13.6. The number of amides is 1. The van der Waals surface area contributed by atoms with Gasteiger partial charge in [0.2, 0.25) is 0 Å². The van der Waals surface area contributed by atoms with E-state index < -0.39 is 0 Å². The van der Waals surface area contributed by atoms with Gasteiger partial charge in [-0.15, -0.1) is 0 Å². The third-order valence-corrected chi connectivity index (χ3v) is 6.31. The molecule has 0 saturated carbocycles. The molecule has 166 valence electrons. The lowest BCUT2D eigenvalue weighted by Crippen LogP contribution is -2.48. The van der Waals surface area contributed by atoms with Crippen LogP contribution in [-0.4, -0.2) is 51.7 Å². The van der Waals surface area contributed by atoms with E-state index >= 15 is 0 Å². The van der Waals surface area contributed by atoms with Crippen LogP contribution in [-0.2, 0) is 6.54 Å². The lowest BCUT2D eigenvalue weighted by atomic mass is 10.1. The molecule has 0 atom stereocenters. The molecule has 4 aromatic rings. The van der Waals surface area contributed by atoms with Crippen LogP contribution in [0, 0.1) is 0 Å². The second kappa shape index (κ2) is 9.61. The number of piperazine rings is 1. The van der Waals surface area contributed by atoms with Gasteiger partial charge in [0.15, 0.2) is 0 Å². The monoisotopic (exact) mass is 456 g/mol. The van der Waals surface area contributed by atoms with E-state index in [4.69, 9.17) is 16.7 Å². The Kier molecular flexibility index (Phi) is 6.24. The van der Waals surface area contributed by atoms with E-state index in [1.165, 1.54) is 5.56 Å². The summed E-state index contributed by atoms with van der Waals surface area (Å²) >= 11 is 6.48. The summed E-state index contributed by atoms with van der Waals surface area (Å²) in [6, 6.07) is 29.7. The van der Waals surface area contributed by atoms with Crippen molar-refractivity contribution in [2.75, 3.05) is 26.2 Å². The van der Waals surface area contributed by atoms with Crippen LogP contribution >= 0.6 is 11.6 Å². The topological polar surface area (TPSA) is 41.4 Å². The fourth-order valence-corrected chi connectivity index (χ4v) is 4.42. The molecule has 3 aromatic carbocycles. The summed E-state index contributed by atoms with van der Waals surface area (Å²) in [7, 11) is 0. The van der Waals surface area contributed by atoms with Crippen molar-refractivity contribution in [3.8, 4) is 16.9 Å². The minimum atomic E-state index is -0.0241. The van der Waals surface area contributed by atoms with Crippen molar-refractivity contribution in [2.45, 2.75) is 6.54 Å². The third-order valence-electron chi connectivity index (χ3n) is 5.99. The van der Waals surface area contributed by atoms with Gasteiger partial charge in [0, 0.05) is 38.3 Å². The average Bonchev–Trinajstić information content (AvgIpc) is 3.31. The molecule has 5 rings (SSSR count). The van der Waals surface area contributed by atoms with E-state index in [1.807, 2.05) is 71.6 Å². The van der Waals surface area contributed by atoms with Gasteiger partial charge >= 0.3 is 0 Å². The van der Waals surface area contributed by atoms with Crippen molar-refractivity contribution in [3.05, 3.63) is 107 Å². The van der Waals surface area contributed by atoms with Crippen LogP contribution in [0.15, 0.2) is 91.0 Å². The number of hydrogen-bond acceptors (Lipinski definition) is 3. The SMILES string of the molecule is O=C(c1cc(-c2ccccc2)nn1-c1ccccc1Cl)N1CCN(Cc2ccccc2)CC1. The standard InChI is InChI=1S/C27H25ClN4O/c28-23-13-7-8-14-25(23)32-26(19-24(29-32)22-11-5-2-6-12-22)27(33)31-17-15-30(16-18-31)20-21-9-3-1-4-10-21/h1-14,19H,15-18,20H2. The van der Waals surface area contributed by atoms with Crippen LogP contribution in [0.3, 0.4) is 0 Å². The molecule has 0 radical (unpaired) electrons. The average molecular weight is 457 g/mol. The number of nitrogens with zero attached hydrogens (tertiary/aromatic N) is 4. The first kappa shape index (κ1) is 21.4. The van der Waals surface area contributed by atoms with E-state index in [0.29, 0.717) is 29.5 Å². The highest BCUT2D eigenvalue weighted by molar-refractivity contribution is 6.32. The van der Waals surface area contributed by atoms with Crippen LogP contribution in [0.2, 0.25) is 5.02 Å². The molecule has 1 aliphatic heterocycles. The Morgan fingerprint density at radius 2 is 1.45 bits per heavy atom. The van der Waals surface area contributed by atoms with Gasteiger partial charge in [-0.3, -0.25) is 9.69 Å². The number of benzene rings is 3. The van der Waals surface area contributed by atoms with Crippen molar-refractivity contribution in [2.24, 2.45) is 0 Å². The highest BCUT2D eigenvalue weighted by atomic mass is 35.5. The normalized spacial score (nSPS) is 14.4. The molecule has 1 saturated heterocycles. The zero-order chi connectivity index (χ0) is 22.6. The maximum absolute atomic E-state index is 13.6. The Morgan fingerprint density at radius 1 is 0.818 bits per heavy atom. The second-order valence-electron chi connectivity index (χ2n) is 8.20. The highest BCUT2D eigenvalue weighted by Crippen LogP contribution is 2.26. The molecular formula is C27H25ClN4O. The number of rotatable bonds is 5. The molecule has 0 unspecified atom stereocenters. The summed E-state index contributed by atoms with van der Waals surface area (Å²) < 4.78 is 1.68. The molecule has 1 amide bonds. The van der Waals surface area contributed by atoms with Crippen molar-refractivity contribution in [3.63, 3.8) is 0 Å². The summed E-state index contributed by atoms with van der Waals surface area (Å²) in [5, 5.41) is 5.33. The first-order valence-electron chi connectivity index (χ1n) is 11.1. The van der Waals surface area contributed by atoms with E-state index in [1.54, 1.807) is 4.68 Å². The Bertz CT molecular complexity index is 1230. The van der Waals surface area contributed by atoms with Gasteiger partial charge in [0.1, 0.15) is 5.69 Å². The van der Waals surface area contributed by atoms with Gasteiger partial charge in [-0.25, -0.2) is 4.68 Å². The lowest BCUT2D eigenvalue weighted by Gasteiger charge is -2.34. The van der Waals surface area contributed by atoms with Crippen molar-refractivity contribution in [1.82, 2.24) is 19.6 Å². The molecule has 1 aliphatic rings. The molecule has 0 spiro atoms. The van der Waals surface area contributed by atoms with Gasteiger partial charge in [-0.05, 0) is 23.8 Å². The Balaban J connectivity index is 1.39. The van der Waals surface area contributed by atoms with E-state index in [0.717, 1.165) is 30.9 Å². The molecule has 1 aromatic heterocycles. The van der Waals surface area contributed by atoms with Gasteiger partial charge in [-0.1, -0.05) is 84.4 Å². The van der Waals surface area contributed by atoms with Crippen molar-refractivity contribution < 1.29 is 4.79 Å². The largest absolute Gasteiger partial charge is 0.335 e. The predicted molar refractivity (Wildman–Crippen MR) is 132 cm³/mol. The number of carbonyl (C=O) groups is 1. The number of halogens is 1. The number of hydrogen-bond donors (Lipinski definition) is 0. The highest BCUT2D eigenvalue weighted by Gasteiger charge is 2.26. The zero-order valence-corrected chi connectivity index (χ0v) is 19.0. The Morgan fingerprint density at radius 3 is 2.15 bits per heavy atom. The smallest absolute Gasteiger partial charge is 0.272 e. The number of aromatic nitrogens is 2. The van der Waals surface area contributed by atoms with Gasteiger partial charge < -0.3 is 4.90 Å². The first-order chi connectivity index (χ1) is 16.2.